The largest absolute Gasteiger partial charge is 0.384 e. The van der Waals surface area contributed by atoms with Crippen LogP contribution in [0, 0.1) is 0 Å². The molecular formula is C14H16N4O3. The molecule has 0 bridgehead atoms. The van der Waals surface area contributed by atoms with E-state index < -0.39 is 17.9 Å². The lowest BCUT2D eigenvalue weighted by molar-refractivity contribution is -0.120. The van der Waals surface area contributed by atoms with Gasteiger partial charge >= 0.3 is 0 Å². The molecule has 0 radical (unpaired) electrons. The van der Waals surface area contributed by atoms with E-state index in [4.69, 9.17) is 5.73 Å². The predicted octanol–water partition coefficient (Wildman–Crippen LogP) is 0.470. The molecule has 7 nitrogen and oxygen atoms in total. The lowest BCUT2D eigenvalue weighted by Crippen LogP contribution is -2.46. The van der Waals surface area contributed by atoms with E-state index in [1.807, 2.05) is 0 Å². The molecule has 0 aromatic heterocycles. The third kappa shape index (κ3) is 2.62. The number of fused-ring (bicyclic) bond motifs is 1. The predicted molar refractivity (Wildman–Crippen MR) is 76.5 cm³/mol. The highest BCUT2D eigenvalue weighted by Crippen LogP contribution is 2.24. The average Bonchev–Trinajstić information content (AvgIpc) is 2.76. The molecule has 0 fully saturated rings. The first-order chi connectivity index (χ1) is 9.97. The van der Waals surface area contributed by atoms with Crippen LogP contribution in [0.15, 0.2) is 29.4 Å². The monoisotopic (exact) mass is 288 g/mol. The van der Waals surface area contributed by atoms with Gasteiger partial charge in [-0.05, 0) is 19.1 Å². The van der Waals surface area contributed by atoms with E-state index in [0.717, 1.165) is 4.90 Å². The van der Waals surface area contributed by atoms with Gasteiger partial charge in [0.1, 0.15) is 5.84 Å². The minimum absolute atomic E-state index is 0.00805. The quantitative estimate of drug-likeness (QED) is 0.363. The van der Waals surface area contributed by atoms with Crippen LogP contribution in [0.3, 0.4) is 0 Å². The number of benzene rings is 1. The molecule has 1 unspecified atom stereocenters. The highest BCUT2D eigenvalue weighted by Gasteiger charge is 2.39. The maximum atomic E-state index is 12.3. The maximum Gasteiger partial charge on any atom is 0.262 e. The molecule has 2 rings (SSSR count). The number of amidine groups is 1. The van der Waals surface area contributed by atoms with Crippen LogP contribution in [0.4, 0.5) is 0 Å². The molecule has 1 aliphatic rings. The van der Waals surface area contributed by atoms with Gasteiger partial charge in [-0.1, -0.05) is 19.1 Å². The van der Waals surface area contributed by atoms with Crippen LogP contribution in [0.1, 0.15) is 41.0 Å². The average molecular weight is 288 g/mol. The highest BCUT2D eigenvalue weighted by molar-refractivity contribution is 6.22. The van der Waals surface area contributed by atoms with E-state index in [1.165, 1.54) is 0 Å². The zero-order valence-corrected chi connectivity index (χ0v) is 11.8. The summed E-state index contributed by atoms with van der Waals surface area (Å²) in [5.74, 6) is -1.13. The number of carbonyl (C=O) groups is 3. The molecule has 1 aliphatic heterocycles. The summed E-state index contributed by atoms with van der Waals surface area (Å²) in [6.45, 7) is 3.26. The van der Waals surface area contributed by atoms with Gasteiger partial charge in [-0.3, -0.25) is 19.3 Å². The van der Waals surface area contributed by atoms with Crippen molar-refractivity contribution < 1.29 is 14.4 Å². The fourth-order valence-corrected chi connectivity index (χ4v) is 1.99. The smallest absolute Gasteiger partial charge is 0.262 e. The molecular weight excluding hydrogens is 272 g/mol. The third-order valence-corrected chi connectivity index (χ3v) is 3.27. The van der Waals surface area contributed by atoms with Crippen LogP contribution >= 0.6 is 0 Å². The van der Waals surface area contributed by atoms with Crippen LogP contribution in [0.25, 0.3) is 0 Å². The molecule has 3 N–H and O–H groups in total. The number of nitrogens with one attached hydrogen (secondary N) is 1. The molecule has 1 atom stereocenters. The van der Waals surface area contributed by atoms with E-state index in [9.17, 15) is 14.4 Å². The molecule has 110 valence electrons. The van der Waals surface area contributed by atoms with Crippen molar-refractivity contribution in [2.75, 3.05) is 0 Å². The number of nitrogens with zero attached hydrogens (tertiary/aromatic N) is 2. The molecule has 1 aromatic rings. The van der Waals surface area contributed by atoms with Crippen molar-refractivity contribution in [1.29, 1.82) is 0 Å². The van der Waals surface area contributed by atoms with Crippen molar-refractivity contribution in [1.82, 2.24) is 10.3 Å². The summed E-state index contributed by atoms with van der Waals surface area (Å²) in [5.41, 5.74) is 8.70. The van der Waals surface area contributed by atoms with E-state index in [2.05, 4.69) is 10.5 Å². The zero-order chi connectivity index (χ0) is 15.6. The van der Waals surface area contributed by atoms with Gasteiger partial charge in [0.25, 0.3) is 11.8 Å². The number of hydrogen-bond acceptors (Lipinski definition) is 4. The van der Waals surface area contributed by atoms with Crippen LogP contribution in [-0.4, -0.2) is 34.5 Å². The number of rotatable bonds is 4. The van der Waals surface area contributed by atoms with Crippen molar-refractivity contribution in [3.63, 3.8) is 0 Å². The van der Waals surface area contributed by atoms with Gasteiger partial charge in [0.15, 0.2) is 0 Å². The minimum Gasteiger partial charge on any atom is -0.384 e. The molecule has 3 amide bonds. The van der Waals surface area contributed by atoms with Crippen LogP contribution in [0.5, 0.6) is 0 Å². The summed E-state index contributed by atoms with van der Waals surface area (Å²) in [6.07, 6.45) is 0.262. The van der Waals surface area contributed by atoms with Crippen LogP contribution < -0.4 is 11.2 Å². The lowest BCUT2D eigenvalue weighted by atomic mass is 10.1. The first kappa shape index (κ1) is 14.7. The second-order valence-electron chi connectivity index (χ2n) is 4.63. The van der Waals surface area contributed by atoms with Crippen molar-refractivity contribution in [3.05, 3.63) is 35.4 Å². The van der Waals surface area contributed by atoms with Gasteiger partial charge in [-0.25, -0.2) is 5.43 Å². The van der Waals surface area contributed by atoms with Crippen molar-refractivity contribution in [2.24, 2.45) is 10.8 Å². The number of nitrogens with two attached hydrogens (primary N) is 1. The Labute approximate surface area is 121 Å². The fraction of sp³-hybridized carbons (Fsp3) is 0.286. The molecule has 1 heterocycles. The Balaban J connectivity index is 2.22. The standard InChI is InChI=1S/C14H16N4O3/c1-3-11(19)16-17-12(15)8(2)18-13(20)9-6-4-5-7-10(9)14(18)21/h4-8H,3H2,1-2H3,(H2,15,17)(H,16,19). The summed E-state index contributed by atoms with van der Waals surface area (Å²) in [7, 11) is 0. The molecule has 0 saturated heterocycles. The van der Waals surface area contributed by atoms with Crippen molar-refractivity contribution in [2.45, 2.75) is 26.3 Å². The van der Waals surface area contributed by atoms with Crippen molar-refractivity contribution >= 4 is 23.6 Å². The van der Waals surface area contributed by atoms with Crippen LogP contribution in [0.2, 0.25) is 0 Å². The van der Waals surface area contributed by atoms with Gasteiger partial charge in [0, 0.05) is 6.42 Å². The van der Waals surface area contributed by atoms with Gasteiger partial charge in [-0.2, -0.15) is 5.10 Å². The van der Waals surface area contributed by atoms with Gasteiger partial charge in [0.05, 0.1) is 17.2 Å². The van der Waals surface area contributed by atoms with Gasteiger partial charge in [0.2, 0.25) is 5.91 Å². The Bertz CT molecular complexity index is 604. The number of imide groups is 1. The minimum atomic E-state index is -0.741. The first-order valence-corrected chi connectivity index (χ1v) is 6.56. The van der Waals surface area contributed by atoms with Crippen molar-refractivity contribution in [3.8, 4) is 0 Å². The van der Waals surface area contributed by atoms with E-state index in [-0.39, 0.29) is 18.2 Å². The second-order valence-corrected chi connectivity index (χ2v) is 4.63. The molecule has 0 saturated carbocycles. The molecule has 0 aliphatic carbocycles. The lowest BCUT2D eigenvalue weighted by Gasteiger charge is -2.21. The number of amides is 3. The van der Waals surface area contributed by atoms with Gasteiger partial charge < -0.3 is 5.73 Å². The SMILES string of the molecule is CCC(=O)N/N=C(\N)C(C)N1C(=O)c2ccccc2C1=O. The topological polar surface area (TPSA) is 105 Å². The Kier molecular flexibility index (Phi) is 4.02. The Morgan fingerprint density at radius 3 is 2.29 bits per heavy atom. The summed E-state index contributed by atoms with van der Waals surface area (Å²) in [6, 6.07) is 5.83. The Morgan fingerprint density at radius 2 is 1.81 bits per heavy atom. The Morgan fingerprint density at radius 1 is 1.29 bits per heavy atom. The van der Waals surface area contributed by atoms with E-state index >= 15 is 0 Å². The van der Waals surface area contributed by atoms with Crippen LogP contribution in [-0.2, 0) is 4.79 Å². The first-order valence-electron chi connectivity index (χ1n) is 6.56. The molecule has 7 heteroatoms. The number of hydrogen-bond donors (Lipinski definition) is 2. The summed E-state index contributed by atoms with van der Waals surface area (Å²) < 4.78 is 0. The molecule has 1 aromatic carbocycles. The Hall–Kier alpha value is -2.70. The third-order valence-electron chi connectivity index (χ3n) is 3.27. The van der Waals surface area contributed by atoms with E-state index in [1.54, 1.807) is 38.1 Å². The zero-order valence-electron chi connectivity index (χ0n) is 11.8. The summed E-state index contributed by atoms with van der Waals surface area (Å²) in [5, 5.41) is 3.72. The molecule has 21 heavy (non-hydrogen) atoms. The number of carbonyl (C=O) groups excluding carboxylic acids is 3. The van der Waals surface area contributed by atoms with E-state index in [0.29, 0.717) is 11.1 Å². The highest BCUT2D eigenvalue weighted by atomic mass is 16.2. The maximum absolute atomic E-state index is 12.3. The summed E-state index contributed by atoms with van der Waals surface area (Å²) in [4.78, 5) is 36.7. The van der Waals surface area contributed by atoms with Gasteiger partial charge in [-0.15, -0.1) is 0 Å². The molecule has 0 spiro atoms. The normalized spacial score (nSPS) is 15.9. The second kappa shape index (κ2) is 5.74. The fourth-order valence-electron chi connectivity index (χ4n) is 1.99. The number of hydrazone groups is 1. The summed E-state index contributed by atoms with van der Waals surface area (Å²) >= 11 is 0.